The number of benzene rings is 2. The summed E-state index contributed by atoms with van der Waals surface area (Å²) in [6.45, 7) is 3.56. The topological polar surface area (TPSA) is 43.1 Å². The molecule has 2 nitrogen and oxygen atoms in total. The molecule has 0 aliphatic carbocycles. The Hall–Kier alpha value is -2.15. The van der Waals surface area contributed by atoms with E-state index in [4.69, 9.17) is 5.73 Å². The van der Waals surface area contributed by atoms with Crippen molar-refractivity contribution in [3.63, 3.8) is 0 Å². The van der Waals surface area contributed by atoms with Gasteiger partial charge in [-0.05, 0) is 51.7 Å². The molecule has 1 unspecified atom stereocenters. The Kier molecular flexibility index (Phi) is 5.37. The van der Waals surface area contributed by atoms with Gasteiger partial charge in [0, 0.05) is 0 Å². The number of primary amides is 1. The predicted molar refractivity (Wildman–Crippen MR) is 90.3 cm³/mol. The number of nitrogens with two attached hydrogens (primary N) is 1. The Morgan fingerprint density at radius 3 is 2.24 bits per heavy atom. The number of allylic oxidation sites excluding steroid dienone is 1. The number of carbonyl (C=O) groups is 1. The summed E-state index contributed by atoms with van der Waals surface area (Å²) in [5, 5.41) is 0. The molecule has 1 atom stereocenters. The van der Waals surface area contributed by atoms with E-state index < -0.39 is 28.9 Å². The Bertz CT molecular complexity index is 819. The van der Waals surface area contributed by atoms with Gasteiger partial charge in [-0.1, -0.05) is 30.3 Å². The first-order valence-corrected chi connectivity index (χ1v) is 7.96. The second-order valence-corrected chi connectivity index (χ2v) is 6.32. The van der Waals surface area contributed by atoms with E-state index in [2.05, 4.69) is 22.5 Å². The molecule has 0 radical (unpaired) electrons. The first kappa shape index (κ1) is 19.2. The second-order valence-electron chi connectivity index (χ2n) is 5.47. The highest BCUT2D eigenvalue weighted by atomic mass is 79.9. The Labute approximate surface area is 150 Å². The highest BCUT2D eigenvalue weighted by molar-refractivity contribution is 9.10. The molecule has 132 valence electrons. The summed E-state index contributed by atoms with van der Waals surface area (Å²) in [6.07, 6.45) is -3.30. The molecule has 0 aliphatic rings. The molecule has 0 aromatic heterocycles. The minimum Gasteiger partial charge on any atom is -0.369 e. The van der Waals surface area contributed by atoms with Gasteiger partial charge in [-0.25, -0.2) is 4.39 Å². The molecule has 1 amide bonds. The van der Waals surface area contributed by atoms with Crippen LogP contribution in [-0.4, -0.2) is 5.91 Å². The molecule has 0 heterocycles. The zero-order valence-electron chi connectivity index (χ0n) is 12.9. The minimum atomic E-state index is -4.58. The smallest absolute Gasteiger partial charge is 0.369 e. The first-order chi connectivity index (χ1) is 11.6. The van der Waals surface area contributed by atoms with Gasteiger partial charge in [0.05, 0.1) is 10.0 Å². The van der Waals surface area contributed by atoms with Crippen LogP contribution in [0.5, 0.6) is 0 Å². The van der Waals surface area contributed by atoms with Crippen LogP contribution in [0.15, 0.2) is 59.6 Å². The van der Waals surface area contributed by atoms with Crippen LogP contribution in [0, 0.1) is 5.82 Å². The fourth-order valence-corrected chi connectivity index (χ4v) is 2.97. The molecular formula is C18H14BrF4NO. The van der Waals surface area contributed by atoms with E-state index in [1.54, 1.807) is 0 Å². The summed E-state index contributed by atoms with van der Waals surface area (Å²) in [6, 6.07) is 8.20. The van der Waals surface area contributed by atoms with Crippen molar-refractivity contribution in [2.45, 2.75) is 18.0 Å². The lowest BCUT2D eigenvalue weighted by Crippen LogP contribution is -2.42. The summed E-state index contributed by atoms with van der Waals surface area (Å²) in [4.78, 5) is 12.3. The molecule has 7 heteroatoms. The van der Waals surface area contributed by atoms with Crippen molar-refractivity contribution in [3.8, 4) is 0 Å². The predicted octanol–water partition coefficient (Wildman–Crippen LogP) is 4.95. The summed E-state index contributed by atoms with van der Waals surface area (Å²) in [5.41, 5.74) is 3.16. The molecule has 2 aromatic rings. The van der Waals surface area contributed by atoms with Crippen LogP contribution in [0.1, 0.15) is 23.1 Å². The minimum absolute atomic E-state index is 0.0245. The SMILES string of the molecule is C=CCC(C(N)=O)(c1cccc(C(F)(F)F)c1)c1ccc(Br)c(F)c1. The zero-order valence-corrected chi connectivity index (χ0v) is 14.5. The molecule has 0 fully saturated rings. The van der Waals surface area contributed by atoms with Crippen LogP contribution < -0.4 is 5.73 Å². The molecule has 2 aromatic carbocycles. The van der Waals surface area contributed by atoms with E-state index in [0.29, 0.717) is 0 Å². The van der Waals surface area contributed by atoms with E-state index in [0.717, 1.165) is 18.2 Å². The highest BCUT2D eigenvalue weighted by Crippen LogP contribution is 2.39. The monoisotopic (exact) mass is 415 g/mol. The summed E-state index contributed by atoms with van der Waals surface area (Å²) < 4.78 is 53.3. The van der Waals surface area contributed by atoms with Gasteiger partial charge in [-0.15, -0.1) is 6.58 Å². The van der Waals surface area contributed by atoms with Crippen LogP contribution in [-0.2, 0) is 16.4 Å². The zero-order chi connectivity index (χ0) is 18.8. The van der Waals surface area contributed by atoms with Crippen LogP contribution in [0.4, 0.5) is 17.6 Å². The van der Waals surface area contributed by atoms with Gasteiger partial charge < -0.3 is 5.73 Å². The standard InChI is InChI=1S/C18H14BrF4NO/c1-2-8-17(16(24)25,12-6-7-14(19)15(20)10-12)11-4-3-5-13(9-11)18(21,22)23/h2-7,9-10H,1,8H2,(H2,24,25). The lowest BCUT2D eigenvalue weighted by atomic mass is 9.71. The Morgan fingerprint density at radius 2 is 1.72 bits per heavy atom. The lowest BCUT2D eigenvalue weighted by molar-refractivity contribution is -0.137. The molecule has 0 saturated heterocycles. The van der Waals surface area contributed by atoms with Gasteiger partial charge in [0.1, 0.15) is 11.2 Å². The number of rotatable bonds is 5. The summed E-state index contributed by atoms with van der Waals surface area (Å²) in [7, 11) is 0. The van der Waals surface area contributed by atoms with E-state index in [1.165, 1.54) is 30.3 Å². The third kappa shape index (κ3) is 3.61. The number of halogens is 5. The average Bonchev–Trinajstić information content (AvgIpc) is 2.54. The van der Waals surface area contributed by atoms with Crippen molar-refractivity contribution in [3.05, 3.63) is 82.1 Å². The van der Waals surface area contributed by atoms with Crippen LogP contribution >= 0.6 is 15.9 Å². The maximum atomic E-state index is 14.0. The van der Waals surface area contributed by atoms with Crippen molar-refractivity contribution in [2.24, 2.45) is 5.73 Å². The van der Waals surface area contributed by atoms with Gasteiger partial charge in [0.25, 0.3) is 0 Å². The quantitative estimate of drug-likeness (QED) is 0.544. The normalized spacial score (nSPS) is 14.0. The van der Waals surface area contributed by atoms with Gasteiger partial charge >= 0.3 is 6.18 Å². The first-order valence-electron chi connectivity index (χ1n) is 7.17. The molecule has 2 rings (SSSR count). The maximum absolute atomic E-state index is 14.0. The molecule has 0 spiro atoms. The fraction of sp³-hybridized carbons (Fsp3) is 0.167. The van der Waals surface area contributed by atoms with E-state index >= 15 is 0 Å². The number of hydrogen-bond acceptors (Lipinski definition) is 1. The summed E-state index contributed by atoms with van der Waals surface area (Å²) >= 11 is 3.01. The van der Waals surface area contributed by atoms with Gasteiger partial charge in [-0.2, -0.15) is 13.2 Å². The largest absolute Gasteiger partial charge is 0.416 e. The van der Waals surface area contributed by atoms with E-state index in [-0.39, 0.29) is 22.0 Å². The number of alkyl halides is 3. The highest BCUT2D eigenvalue weighted by Gasteiger charge is 2.41. The molecule has 0 bridgehead atoms. The number of hydrogen-bond donors (Lipinski definition) is 1. The van der Waals surface area contributed by atoms with E-state index in [1.807, 2.05) is 0 Å². The second kappa shape index (κ2) is 7.00. The fourth-order valence-electron chi connectivity index (χ4n) is 2.73. The van der Waals surface area contributed by atoms with Gasteiger partial charge in [0.2, 0.25) is 5.91 Å². The van der Waals surface area contributed by atoms with Crippen molar-refractivity contribution < 1.29 is 22.4 Å². The molecular weight excluding hydrogens is 402 g/mol. The number of carbonyl (C=O) groups excluding carboxylic acids is 1. The Morgan fingerprint density at radius 1 is 1.12 bits per heavy atom. The third-order valence-electron chi connectivity index (χ3n) is 3.97. The Balaban J connectivity index is 2.78. The van der Waals surface area contributed by atoms with Crippen LogP contribution in [0.3, 0.4) is 0 Å². The maximum Gasteiger partial charge on any atom is 0.416 e. The van der Waals surface area contributed by atoms with Crippen molar-refractivity contribution >= 4 is 21.8 Å². The molecule has 2 N–H and O–H groups in total. The average molecular weight is 416 g/mol. The number of amides is 1. The lowest BCUT2D eigenvalue weighted by Gasteiger charge is -2.31. The van der Waals surface area contributed by atoms with Crippen LogP contribution in [0.25, 0.3) is 0 Å². The van der Waals surface area contributed by atoms with Crippen molar-refractivity contribution in [1.82, 2.24) is 0 Å². The summed E-state index contributed by atoms with van der Waals surface area (Å²) in [5.74, 6) is -1.55. The molecule has 0 aliphatic heterocycles. The third-order valence-corrected chi connectivity index (χ3v) is 4.61. The van der Waals surface area contributed by atoms with Crippen molar-refractivity contribution in [2.75, 3.05) is 0 Å². The van der Waals surface area contributed by atoms with Gasteiger partial charge in [-0.3, -0.25) is 4.79 Å². The molecule has 25 heavy (non-hydrogen) atoms. The molecule has 0 saturated carbocycles. The van der Waals surface area contributed by atoms with Crippen molar-refractivity contribution in [1.29, 1.82) is 0 Å². The van der Waals surface area contributed by atoms with E-state index in [9.17, 15) is 22.4 Å². The van der Waals surface area contributed by atoms with Crippen LogP contribution in [0.2, 0.25) is 0 Å². The van der Waals surface area contributed by atoms with Gasteiger partial charge in [0.15, 0.2) is 0 Å².